The summed E-state index contributed by atoms with van der Waals surface area (Å²) in [6.45, 7) is 8.78. The first kappa shape index (κ1) is 14.5. The lowest BCUT2D eigenvalue weighted by Gasteiger charge is -2.28. The molecule has 0 N–H and O–H groups in total. The molecule has 0 aliphatic carbocycles. The first-order valence-electron chi connectivity index (χ1n) is 6.57. The van der Waals surface area contributed by atoms with Crippen molar-refractivity contribution in [3.05, 3.63) is 48.6 Å². The Bertz CT molecular complexity index is 550. The summed E-state index contributed by atoms with van der Waals surface area (Å²) < 4.78 is 5.83. The van der Waals surface area contributed by atoms with E-state index < -0.39 is 11.3 Å². The SMILES string of the molecule is C=CC[C@]1(C)OC(C)(C)N(C(=O)c2ccccc2)C1=O. The lowest BCUT2D eigenvalue weighted by molar-refractivity contribution is -0.135. The van der Waals surface area contributed by atoms with E-state index in [-0.39, 0.29) is 11.8 Å². The number of nitrogens with zero attached hydrogens (tertiary/aromatic N) is 1. The number of hydrogen-bond acceptors (Lipinski definition) is 3. The molecule has 1 atom stereocenters. The highest BCUT2D eigenvalue weighted by molar-refractivity contribution is 6.08. The number of carbonyl (C=O) groups excluding carboxylic acids is 2. The maximum Gasteiger partial charge on any atom is 0.264 e. The van der Waals surface area contributed by atoms with Gasteiger partial charge in [0.25, 0.3) is 11.8 Å². The predicted molar refractivity (Wildman–Crippen MR) is 76.0 cm³/mol. The van der Waals surface area contributed by atoms with Crippen LogP contribution >= 0.6 is 0 Å². The number of carbonyl (C=O) groups is 2. The maximum atomic E-state index is 12.6. The quantitative estimate of drug-likeness (QED) is 0.628. The van der Waals surface area contributed by atoms with Gasteiger partial charge in [0.2, 0.25) is 0 Å². The topological polar surface area (TPSA) is 46.6 Å². The van der Waals surface area contributed by atoms with Crippen molar-refractivity contribution in [2.75, 3.05) is 0 Å². The van der Waals surface area contributed by atoms with Crippen LogP contribution in [0.1, 0.15) is 37.6 Å². The Balaban J connectivity index is 2.38. The van der Waals surface area contributed by atoms with Gasteiger partial charge in [-0.1, -0.05) is 24.3 Å². The Morgan fingerprint density at radius 2 is 1.90 bits per heavy atom. The molecule has 0 bridgehead atoms. The molecular weight excluding hydrogens is 254 g/mol. The minimum absolute atomic E-state index is 0.323. The Morgan fingerprint density at radius 1 is 1.30 bits per heavy atom. The summed E-state index contributed by atoms with van der Waals surface area (Å²) in [6.07, 6.45) is 2.00. The zero-order valence-corrected chi connectivity index (χ0v) is 12.1. The third kappa shape index (κ3) is 2.27. The van der Waals surface area contributed by atoms with Crippen LogP contribution in [0.5, 0.6) is 0 Å². The summed E-state index contributed by atoms with van der Waals surface area (Å²) in [5, 5.41) is 0. The van der Waals surface area contributed by atoms with Gasteiger partial charge in [0.15, 0.2) is 5.60 Å². The predicted octanol–water partition coefficient (Wildman–Crippen LogP) is 2.76. The van der Waals surface area contributed by atoms with E-state index in [4.69, 9.17) is 4.74 Å². The fourth-order valence-electron chi connectivity index (χ4n) is 2.57. The van der Waals surface area contributed by atoms with Crippen LogP contribution in [0, 0.1) is 0 Å². The van der Waals surface area contributed by atoms with Crippen LogP contribution in [-0.2, 0) is 9.53 Å². The highest BCUT2D eigenvalue weighted by atomic mass is 16.6. The van der Waals surface area contributed by atoms with Gasteiger partial charge in [-0.25, -0.2) is 4.90 Å². The maximum absolute atomic E-state index is 12.6. The molecule has 0 saturated carbocycles. The van der Waals surface area contributed by atoms with Gasteiger partial charge in [0.05, 0.1) is 0 Å². The molecule has 2 amide bonds. The first-order chi connectivity index (χ1) is 9.32. The van der Waals surface area contributed by atoms with Crippen molar-refractivity contribution in [3.63, 3.8) is 0 Å². The number of imide groups is 1. The van der Waals surface area contributed by atoms with Crippen LogP contribution in [0.15, 0.2) is 43.0 Å². The van der Waals surface area contributed by atoms with E-state index in [2.05, 4.69) is 6.58 Å². The fraction of sp³-hybridized carbons (Fsp3) is 0.375. The Hall–Kier alpha value is -1.94. The van der Waals surface area contributed by atoms with Crippen LogP contribution in [0.4, 0.5) is 0 Å². The number of amides is 2. The van der Waals surface area contributed by atoms with Crippen molar-refractivity contribution in [2.24, 2.45) is 0 Å². The normalized spacial score (nSPS) is 24.8. The third-order valence-electron chi connectivity index (χ3n) is 3.43. The molecule has 1 aromatic rings. The molecule has 1 aliphatic rings. The summed E-state index contributed by atoms with van der Waals surface area (Å²) >= 11 is 0. The number of benzene rings is 1. The standard InChI is InChI=1S/C16H19NO3/c1-5-11-16(4)14(19)17(15(2,3)20-16)13(18)12-9-7-6-8-10-12/h5-10H,1,11H2,2-4H3/t16-/m0/s1. The summed E-state index contributed by atoms with van der Waals surface area (Å²) in [5.41, 5.74) is -1.53. The molecule has 1 heterocycles. The Morgan fingerprint density at radius 3 is 2.45 bits per heavy atom. The molecule has 0 spiro atoms. The van der Waals surface area contributed by atoms with Gasteiger partial charge in [0.1, 0.15) is 5.72 Å². The summed E-state index contributed by atoms with van der Waals surface area (Å²) in [6, 6.07) is 8.74. The smallest absolute Gasteiger partial charge is 0.264 e. The minimum Gasteiger partial charge on any atom is -0.339 e. The number of rotatable bonds is 3. The highest BCUT2D eigenvalue weighted by Gasteiger charge is 2.55. The molecular formula is C16H19NO3. The van der Waals surface area contributed by atoms with Crippen molar-refractivity contribution < 1.29 is 14.3 Å². The molecule has 4 heteroatoms. The van der Waals surface area contributed by atoms with E-state index in [1.54, 1.807) is 51.1 Å². The minimum atomic E-state index is -1.03. The van der Waals surface area contributed by atoms with Crippen molar-refractivity contribution in [2.45, 2.75) is 38.5 Å². The van der Waals surface area contributed by atoms with E-state index in [0.717, 1.165) is 0 Å². The summed E-state index contributed by atoms with van der Waals surface area (Å²) in [4.78, 5) is 26.3. The summed E-state index contributed by atoms with van der Waals surface area (Å²) in [5.74, 6) is -0.662. The van der Waals surface area contributed by atoms with Crippen LogP contribution in [0.2, 0.25) is 0 Å². The van der Waals surface area contributed by atoms with Gasteiger partial charge in [-0.05, 0) is 32.9 Å². The molecule has 0 aromatic heterocycles. The van der Waals surface area contributed by atoms with Crippen molar-refractivity contribution in [1.29, 1.82) is 0 Å². The second-order valence-electron chi connectivity index (χ2n) is 5.58. The molecule has 1 fully saturated rings. The van der Waals surface area contributed by atoms with Gasteiger partial charge < -0.3 is 4.74 Å². The first-order valence-corrected chi connectivity index (χ1v) is 6.57. The molecule has 0 radical (unpaired) electrons. The van der Waals surface area contributed by atoms with Gasteiger partial charge in [-0.2, -0.15) is 0 Å². The van der Waals surface area contributed by atoms with Crippen LogP contribution in [0.25, 0.3) is 0 Å². The average Bonchev–Trinajstić information content (AvgIpc) is 2.56. The molecule has 1 saturated heterocycles. The van der Waals surface area contributed by atoms with Crippen LogP contribution in [-0.4, -0.2) is 28.0 Å². The zero-order valence-electron chi connectivity index (χ0n) is 12.1. The third-order valence-corrected chi connectivity index (χ3v) is 3.43. The number of hydrogen-bond donors (Lipinski definition) is 0. The Labute approximate surface area is 119 Å². The van der Waals surface area contributed by atoms with E-state index in [0.29, 0.717) is 12.0 Å². The molecule has 20 heavy (non-hydrogen) atoms. The second kappa shape index (κ2) is 4.87. The number of ether oxygens (including phenoxy) is 1. The monoisotopic (exact) mass is 273 g/mol. The molecule has 4 nitrogen and oxygen atoms in total. The van der Waals surface area contributed by atoms with Crippen molar-refractivity contribution in [3.8, 4) is 0 Å². The fourth-order valence-corrected chi connectivity index (χ4v) is 2.57. The van der Waals surface area contributed by atoms with E-state index in [1.807, 2.05) is 6.07 Å². The van der Waals surface area contributed by atoms with Gasteiger partial charge in [-0.15, -0.1) is 6.58 Å². The van der Waals surface area contributed by atoms with Gasteiger partial charge in [0, 0.05) is 12.0 Å². The molecule has 106 valence electrons. The second-order valence-corrected chi connectivity index (χ2v) is 5.58. The van der Waals surface area contributed by atoms with Crippen molar-refractivity contribution in [1.82, 2.24) is 4.90 Å². The van der Waals surface area contributed by atoms with Gasteiger partial charge in [-0.3, -0.25) is 9.59 Å². The van der Waals surface area contributed by atoms with Gasteiger partial charge >= 0.3 is 0 Å². The largest absolute Gasteiger partial charge is 0.339 e. The average molecular weight is 273 g/mol. The molecule has 1 aromatic carbocycles. The molecule has 0 unspecified atom stereocenters. The Kier molecular flexibility index (Phi) is 3.52. The molecule has 2 rings (SSSR count). The lowest BCUT2D eigenvalue weighted by Crippen LogP contribution is -2.46. The molecule has 1 aliphatic heterocycles. The zero-order chi connectivity index (χ0) is 15.0. The van der Waals surface area contributed by atoms with E-state index in [1.165, 1.54) is 4.90 Å². The van der Waals surface area contributed by atoms with Crippen LogP contribution < -0.4 is 0 Å². The van der Waals surface area contributed by atoms with E-state index >= 15 is 0 Å². The summed E-state index contributed by atoms with van der Waals surface area (Å²) in [7, 11) is 0. The lowest BCUT2D eigenvalue weighted by atomic mass is 10.0. The highest BCUT2D eigenvalue weighted by Crippen LogP contribution is 2.38. The van der Waals surface area contributed by atoms with Crippen LogP contribution in [0.3, 0.4) is 0 Å². The van der Waals surface area contributed by atoms with E-state index in [9.17, 15) is 9.59 Å². The van der Waals surface area contributed by atoms with Crippen molar-refractivity contribution >= 4 is 11.8 Å².